The Balaban J connectivity index is 1.57. The van der Waals surface area contributed by atoms with Gasteiger partial charge < -0.3 is 10.6 Å². The Morgan fingerprint density at radius 2 is 2.12 bits per heavy atom. The molecule has 1 aliphatic rings. The van der Waals surface area contributed by atoms with Gasteiger partial charge in [-0.05, 0) is 43.2 Å². The van der Waals surface area contributed by atoms with Crippen LogP contribution in [0.4, 0.5) is 21.0 Å². The maximum atomic E-state index is 13.1. The molecule has 2 heterocycles. The first-order valence-corrected chi connectivity index (χ1v) is 9.01. The van der Waals surface area contributed by atoms with Crippen LogP contribution < -0.4 is 10.6 Å². The monoisotopic (exact) mass is 376 g/mol. The first-order chi connectivity index (χ1) is 12.1. The number of halogens is 2. The van der Waals surface area contributed by atoms with Crippen LogP contribution in [0.5, 0.6) is 0 Å². The number of fused-ring (bicyclic) bond motifs is 1. The van der Waals surface area contributed by atoms with Crippen LogP contribution in [0.3, 0.4) is 0 Å². The molecule has 25 heavy (non-hydrogen) atoms. The Hall–Kier alpha value is -2.25. The number of hydrogen-bond donors (Lipinski definition) is 2. The number of anilines is 3. The number of carbonyl (C=O) groups excluding carboxylic acids is 1. The summed E-state index contributed by atoms with van der Waals surface area (Å²) in [6.07, 6.45) is 1.89. The van der Waals surface area contributed by atoms with Crippen molar-refractivity contribution < 1.29 is 9.18 Å². The third-order valence-corrected chi connectivity index (χ3v) is 5.02. The van der Waals surface area contributed by atoms with E-state index in [9.17, 15) is 9.18 Å². The minimum Gasteiger partial charge on any atom is -0.340 e. The van der Waals surface area contributed by atoms with Gasteiger partial charge in [-0.2, -0.15) is 0 Å². The number of nitrogens with one attached hydrogen (secondary N) is 2. The topological polar surface area (TPSA) is 66.9 Å². The lowest BCUT2D eigenvalue weighted by Gasteiger charge is -2.09. The van der Waals surface area contributed by atoms with E-state index in [4.69, 9.17) is 11.6 Å². The van der Waals surface area contributed by atoms with Crippen molar-refractivity contribution in [3.05, 3.63) is 40.9 Å². The summed E-state index contributed by atoms with van der Waals surface area (Å²) in [7, 11) is 0. The zero-order valence-electron chi connectivity index (χ0n) is 13.1. The molecule has 0 unspecified atom stereocenters. The summed E-state index contributed by atoms with van der Waals surface area (Å²) in [6.45, 7) is -0.622. The van der Waals surface area contributed by atoms with Gasteiger partial charge in [-0.3, -0.25) is 4.79 Å². The second-order valence-corrected chi connectivity index (χ2v) is 7.28. The fraction of sp³-hybridized carbons (Fsp3) is 0.235. The summed E-state index contributed by atoms with van der Waals surface area (Å²) in [5.74, 6) is 0.723. The molecule has 4 rings (SSSR count). The fourth-order valence-electron chi connectivity index (χ4n) is 2.43. The largest absolute Gasteiger partial charge is 0.340 e. The van der Waals surface area contributed by atoms with Crippen molar-refractivity contribution in [3.8, 4) is 0 Å². The van der Waals surface area contributed by atoms with E-state index in [1.165, 1.54) is 11.3 Å². The first-order valence-electron chi connectivity index (χ1n) is 7.82. The standard InChI is InChI=1S/C17H14ClFN4OS/c18-11-3-4-12(10(7-11)8-19)20-14-6-5-13-16(22-14)25-17(21-13)23-15(24)9-1-2-9/h3-7,9H,1-2,8H2,(H,20,22)(H,21,23,24). The Bertz CT molecular complexity index is 957. The second kappa shape index (κ2) is 6.57. The van der Waals surface area contributed by atoms with Crippen molar-refractivity contribution >= 4 is 55.8 Å². The molecule has 0 atom stereocenters. The number of thiazole rings is 1. The molecule has 0 spiro atoms. The average molecular weight is 377 g/mol. The van der Waals surface area contributed by atoms with Gasteiger partial charge in [-0.25, -0.2) is 14.4 Å². The predicted molar refractivity (Wildman–Crippen MR) is 98.3 cm³/mol. The molecular formula is C17H14ClFN4OS. The molecule has 128 valence electrons. The van der Waals surface area contributed by atoms with Gasteiger partial charge in [0.15, 0.2) is 5.13 Å². The molecule has 3 aromatic rings. The molecule has 1 fully saturated rings. The van der Waals surface area contributed by atoms with Gasteiger partial charge in [0.25, 0.3) is 0 Å². The summed E-state index contributed by atoms with van der Waals surface area (Å²) in [5, 5.41) is 6.97. The third-order valence-electron chi connectivity index (χ3n) is 3.91. The molecule has 1 amide bonds. The molecule has 8 heteroatoms. The zero-order chi connectivity index (χ0) is 17.4. The fourth-order valence-corrected chi connectivity index (χ4v) is 3.46. The molecule has 1 saturated carbocycles. The highest BCUT2D eigenvalue weighted by Crippen LogP contribution is 2.32. The van der Waals surface area contributed by atoms with E-state index in [1.54, 1.807) is 24.3 Å². The Morgan fingerprint density at radius 1 is 1.28 bits per heavy atom. The summed E-state index contributed by atoms with van der Waals surface area (Å²) in [6, 6.07) is 8.58. The molecule has 0 saturated heterocycles. The smallest absolute Gasteiger partial charge is 0.229 e. The number of alkyl halides is 1. The van der Waals surface area contributed by atoms with Crippen LogP contribution in [0.2, 0.25) is 5.02 Å². The molecule has 0 aliphatic heterocycles. The number of benzene rings is 1. The highest BCUT2D eigenvalue weighted by atomic mass is 35.5. The molecule has 5 nitrogen and oxygen atoms in total. The lowest BCUT2D eigenvalue weighted by Crippen LogP contribution is -2.12. The summed E-state index contributed by atoms with van der Waals surface area (Å²) >= 11 is 7.21. The van der Waals surface area contributed by atoms with E-state index in [2.05, 4.69) is 20.6 Å². The summed E-state index contributed by atoms with van der Waals surface area (Å²) in [4.78, 5) is 21.4. The minimum absolute atomic E-state index is 0.0196. The van der Waals surface area contributed by atoms with Crippen molar-refractivity contribution in [2.45, 2.75) is 19.5 Å². The molecule has 0 bridgehead atoms. The Morgan fingerprint density at radius 3 is 2.88 bits per heavy atom. The van der Waals surface area contributed by atoms with Crippen LogP contribution in [-0.4, -0.2) is 15.9 Å². The average Bonchev–Trinajstić information content (AvgIpc) is 3.37. The number of pyridine rings is 1. The van der Waals surface area contributed by atoms with Gasteiger partial charge in [-0.1, -0.05) is 22.9 Å². The van der Waals surface area contributed by atoms with E-state index >= 15 is 0 Å². The van der Waals surface area contributed by atoms with Crippen LogP contribution in [0.25, 0.3) is 10.3 Å². The molecule has 2 aromatic heterocycles. The van der Waals surface area contributed by atoms with Crippen molar-refractivity contribution in [2.24, 2.45) is 5.92 Å². The van der Waals surface area contributed by atoms with E-state index in [-0.39, 0.29) is 11.8 Å². The maximum absolute atomic E-state index is 13.1. The highest BCUT2D eigenvalue weighted by molar-refractivity contribution is 7.22. The van der Waals surface area contributed by atoms with Gasteiger partial charge in [0.05, 0.1) is 0 Å². The predicted octanol–water partition coefficient (Wildman–Crippen LogP) is 4.91. The number of carbonyl (C=O) groups is 1. The molecule has 2 N–H and O–H groups in total. The number of aromatic nitrogens is 2. The maximum Gasteiger partial charge on any atom is 0.229 e. The number of hydrogen-bond acceptors (Lipinski definition) is 5. The van der Waals surface area contributed by atoms with Crippen LogP contribution in [-0.2, 0) is 11.5 Å². The van der Waals surface area contributed by atoms with Gasteiger partial charge in [-0.15, -0.1) is 0 Å². The van der Waals surface area contributed by atoms with Crippen molar-refractivity contribution in [1.82, 2.24) is 9.97 Å². The zero-order valence-corrected chi connectivity index (χ0v) is 14.6. The number of amides is 1. The van der Waals surface area contributed by atoms with Gasteiger partial charge >= 0.3 is 0 Å². The SMILES string of the molecule is O=C(Nc1nc2ccc(Nc3ccc(Cl)cc3CF)nc2s1)C1CC1. The van der Waals surface area contributed by atoms with Crippen LogP contribution in [0, 0.1) is 5.92 Å². The van der Waals surface area contributed by atoms with Gasteiger partial charge in [0.2, 0.25) is 5.91 Å². The third kappa shape index (κ3) is 3.57. The van der Waals surface area contributed by atoms with Crippen molar-refractivity contribution in [3.63, 3.8) is 0 Å². The minimum atomic E-state index is -0.622. The normalized spacial score (nSPS) is 13.8. The Kier molecular flexibility index (Phi) is 4.27. The van der Waals surface area contributed by atoms with Crippen molar-refractivity contribution in [1.29, 1.82) is 0 Å². The highest BCUT2D eigenvalue weighted by Gasteiger charge is 2.30. The lowest BCUT2D eigenvalue weighted by molar-refractivity contribution is -0.117. The van der Waals surface area contributed by atoms with E-state index in [1.807, 2.05) is 6.07 Å². The number of rotatable bonds is 5. The quantitative estimate of drug-likeness (QED) is 0.664. The molecule has 1 aromatic carbocycles. The van der Waals surface area contributed by atoms with Gasteiger partial charge in [0, 0.05) is 22.2 Å². The second-order valence-electron chi connectivity index (χ2n) is 5.86. The van der Waals surface area contributed by atoms with E-state index in [0.29, 0.717) is 37.6 Å². The van der Waals surface area contributed by atoms with Crippen LogP contribution >= 0.6 is 22.9 Å². The lowest BCUT2D eigenvalue weighted by atomic mass is 10.2. The summed E-state index contributed by atoms with van der Waals surface area (Å²) in [5.41, 5.74) is 1.80. The van der Waals surface area contributed by atoms with Crippen LogP contribution in [0.1, 0.15) is 18.4 Å². The van der Waals surface area contributed by atoms with Crippen LogP contribution in [0.15, 0.2) is 30.3 Å². The van der Waals surface area contributed by atoms with Gasteiger partial charge in [0.1, 0.15) is 22.8 Å². The van der Waals surface area contributed by atoms with E-state index in [0.717, 1.165) is 12.8 Å². The Labute approximate surface area is 152 Å². The molecule has 1 aliphatic carbocycles. The number of nitrogens with zero attached hydrogens (tertiary/aromatic N) is 2. The first kappa shape index (κ1) is 16.2. The summed E-state index contributed by atoms with van der Waals surface area (Å²) < 4.78 is 13.1. The van der Waals surface area contributed by atoms with Crippen molar-refractivity contribution in [2.75, 3.05) is 10.6 Å². The molecule has 0 radical (unpaired) electrons. The molecular weight excluding hydrogens is 363 g/mol. The van der Waals surface area contributed by atoms with E-state index < -0.39 is 6.67 Å².